The molecule has 0 saturated carbocycles. The zero-order valence-electron chi connectivity index (χ0n) is 19.9. The van der Waals surface area contributed by atoms with Gasteiger partial charge in [-0.3, -0.25) is 4.79 Å². The van der Waals surface area contributed by atoms with Gasteiger partial charge in [-0.25, -0.2) is 0 Å². The Morgan fingerprint density at radius 3 is 2.25 bits per heavy atom. The van der Waals surface area contributed by atoms with Crippen LogP contribution in [0.3, 0.4) is 0 Å². The molecule has 0 spiro atoms. The summed E-state index contributed by atoms with van der Waals surface area (Å²) in [4.78, 5) is 10.7. The highest BCUT2D eigenvalue weighted by Gasteiger charge is 2.25. The molecule has 32 heavy (non-hydrogen) atoms. The normalized spacial score (nSPS) is 20.3. The second-order valence-corrected chi connectivity index (χ2v) is 10.8. The predicted molar refractivity (Wildman–Crippen MR) is 144 cm³/mol. The van der Waals surface area contributed by atoms with Gasteiger partial charge in [0.25, 0.3) is 6.47 Å². The number of thiol groups is 1. The van der Waals surface area contributed by atoms with Crippen LogP contribution in [0, 0.1) is 12.3 Å². The first kappa shape index (κ1) is 27.9. The van der Waals surface area contributed by atoms with Gasteiger partial charge in [0.15, 0.2) is 0 Å². The Morgan fingerprint density at radius 1 is 1.16 bits per heavy atom. The van der Waals surface area contributed by atoms with Gasteiger partial charge in [-0.15, -0.1) is 24.4 Å². The number of anilines is 1. The van der Waals surface area contributed by atoms with Gasteiger partial charge in [0.2, 0.25) is 0 Å². The molecular weight excluding hydrogens is 434 g/mol. The van der Waals surface area contributed by atoms with E-state index in [9.17, 15) is 0 Å². The number of carboxylic acid groups (broad SMARTS) is 1. The number of nitrogens with two attached hydrogens (primary N) is 1. The Kier molecular flexibility index (Phi) is 11.7. The van der Waals surface area contributed by atoms with Crippen molar-refractivity contribution < 1.29 is 9.90 Å². The fourth-order valence-corrected chi connectivity index (χ4v) is 4.93. The largest absolute Gasteiger partial charge is 0.483 e. The van der Waals surface area contributed by atoms with Crippen LogP contribution in [0.25, 0.3) is 4.91 Å². The predicted octanol–water partition coefficient (Wildman–Crippen LogP) is 7.87. The Balaban J connectivity index is 0.000000384. The molecule has 1 unspecified atom stereocenters. The van der Waals surface area contributed by atoms with Gasteiger partial charge < -0.3 is 10.8 Å². The highest BCUT2D eigenvalue weighted by molar-refractivity contribution is 8.08. The molecule has 3 nitrogen and oxygen atoms in total. The summed E-state index contributed by atoms with van der Waals surface area (Å²) in [6.07, 6.45) is 3.64. The molecule has 174 valence electrons. The molecule has 1 heterocycles. The summed E-state index contributed by atoms with van der Waals surface area (Å²) in [6, 6.07) is 16.1. The van der Waals surface area contributed by atoms with E-state index < -0.39 is 0 Å². The minimum atomic E-state index is -0.250. The molecule has 0 fully saturated rings. The van der Waals surface area contributed by atoms with Crippen LogP contribution in [0.2, 0.25) is 0 Å². The monoisotopic (exact) mass is 471 g/mol. The SMILES string of the molecule is C=C1CC(C)(C)CCC(C)S/C(c2ccccc2C)=C\1C.Nc1ccc(S)cc1.O=CO. The van der Waals surface area contributed by atoms with E-state index in [1.54, 1.807) is 0 Å². The summed E-state index contributed by atoms with van der Waals surface area (Å²) >= 11 is 6.11. The van der Waals surface area contributed by atoms with Crippen molar-refractivity contribution in [2.75, 3.05) is 5.73 Å². The number of aryl methyl sites for hydroxylation is 1. The lowest BCUT2D eigenvalue weighted by molar-refractivity contribution is -0.122. The Labute approximate surface area is 203 Å². The van der Waals surface area contributed by atoms with Crippen LogP contribution in [0.15, 0.2) is 71.2 Å². The Morgan fingerprint density at radius 2 is 1.72 bits per heavy atom. The van der Waals surface area contributed by atoms with Gasteiger partial charge >= 0.3 is 0 Å². The first-order valence-corrected chi connectivity index (χ1v) is 12.1. The summed E-state index contributed by atoms with van der Waals surface area (Å²) in [6.45, 7) is 15.7. The fourth-order valence-electron chi connectivity index (χ4n) is 3.47. The minimum Gasteiger partial charge on any atom is -0.483 e. The van der Waals surface area contributed by atoms with Crippen LogP contribution in [0.4, 0.5) is 5.69 Å². The quantitative estimate of drug-likeness (QED) is 0.225. The second kappa shape index (κ2) is 13.4. The second-order valence-electron chi connectivity index (χ2n) is 8.88. The molecule has 1 aliphatic rings. The molecule has 0 aromatic heterocycles. The molecule has 0 bridgehead atoms. The van der Waals surface area contributed by atoms with Crippen LogP contribution < -0.4 is 5.73 Å². The number of thioether (sulfide) groups is 1. The number of rotatable bonds is 1. The topological polar surface area (TPSA) is 63.3 Å². The number of nitrogen functional groups attached to an aromatic ring is 1. The summed E-state index contributed by atoms with van der Waals surface area (Å²) < 4.78 is 0. The molecular formula is C27H37NO2S2. The highest BCUT2D eigenvalue weighted by atomic mass is 32.2. The third kappa shape index (κ3) is 9.58. The lowest BCUT2D eigenvalue weighted by Gasteiger charge is -2.25. The molecule has 1 aliphatic heterocycles. The van der Waals surface area contributed by atoms with E-state index in [0.29, 0.717) is 10.7 Å². The summed E-state index contributed by atoms with van der Waals surface area (Å²) in [7, 11) is 0. The molecule has 3 rings (SSSR count). The van der Waals surface area contributed by atoms with Crippen LogP contribution >= 0.6 is 24.4 Å². The van der Waals surface area contributed by atoms with E-state index in [1.165, 1.54) is 40.0 Å². The Hall–Kier alpha value is -2.11. The summed E-state index contributed by atoms with van der Waals surface area (Å²) in [5, 5.41) is 7.54. The van der Waals surface area contributed by atoms with Crippen molar-refractivity contribution in [3.8, 4) is 0 Å². The third-order valence-electron chi connectivity index (χ3n) is 5.39. The van der Waals surface area contributed by atoms with Crippen LogP contribution in [-0.2, 0) is 4.79 Å². The van der Waals surface area contributed by atoms with Crippen LogP contribution in [-0.4, -0.2) is 16.8 Å². The molecule has 2 aromatic rings. The molecule has 0 saturated heterocycles. The first-order chi connectivity index (χ1) is 15.0. The number of hydrogen-bond acceptors (Lipinski definition) is 4. The maximum absolute atomic E-state index is 8.36. The van der Waals surface area contributed by atoms with Crippen molar-refractivity contribution in [3.05, 3.63) is 77.4 Å². The summed E-state index contributed by atoms with van der Waals surface area (Å²) in [5.74, 6) is 0. The van der Waals surface area contributed by atoms with Gasteiger partial charge in [0.1, 0.15) is 0 Å². The molecule has 2 aromatic carbocycles. The minimum absolute atomic E-state index is 0.250. The van der Waals surface area contributed by atoms with E-state index in [2.05, 4.69) is 78.1 Å². The van der Waals surface area contributed by atoms with E-state index in [1.807, 2.05) is 36.0 Å². The standard InChI is InChI=1S/C20H28S.C6H7NS.CH2O2/c1-14-9-7-8-10-18(14)19-17(4)15(2)13-20(5,6)12-11-16(3)21-19;7-5-1-3-6(8)4-2-5;2-1-3/h7-10,16H,2,11-13H2,1,3-6H3;1-4,8H,7H2;1H,(H,2,3)/b19-17-;;. The van der Waals surface area contributed by atoms with Gasteiger partial charge in [-0.1, -0.05) is 57.2 Å². The highest BCUT2D eigenvalue weighted by Crippen LogP contribution is 2.44. The number of allylic oxidation sites excluding steroid dienone is 2. The molecule has 1 atom stereocenters. The molecule has 3 N–H and O–H groups in total. The van der Waals surface area contributed by atoms with E-state index in [0.717, 1.165) is 17.0 Å². The van der Waals surface area contributed by atoms with Crippen molar-refractivity contribution in [2.24, 2.45) is 5.41 Å². The van der Waals surface area contributed by atoms with Gasteiger partial charge in [-0.2, -0.15) is 0 Å². The van der Waals surface area contributed by atoms with Gasteiger partial charge in [0.05, 0.1) is 0 Å². The smallest absolute Gasteiger partial charge is 0.290 e. The van der Waals surface area contributed by atoms with E-state index in [4.69, 9.17) is 15.6 Å². The fraction of sp³-hybridized carbons (Fsp3) is 0.370. The Bertz CT molecular complexity index is 897. The van der Waals surface area contributed by atoms with E-state index in [-0.39, 0.29) is 6.47 Å². The molecule has 0 amide bonds. The average Bonchev–Trinajstić information content (AvgIpc) is 2.76. The maximum atomic E-state index is 8.36. The molecule has 0 radical (unpaired) electrons. The third-order valence-corrected chi connectivity index (χ3v) is 7.09. The van der Waals surface area contributed by atoms with Crippen molar-refractivity contribution in [3.63, 3.8) is 0 Å². The average molecular weight is 472 g/mol. The maximum Gasteiger partial charge on any atom is 0.290 e. The van der Waals surface area contributed by atoms with Crippen molar-refractivity contribution in [2.45, 2.75) is 64.0 Å². The molecule has 0 aliphatic carbocycles. The number of hydrogen-bond donors (Lipinski definition) is 3. The van der Waals surface area contributed by atoms with Crippen LogP contribution in [0.5, 0.6) is 0 Å². The van der Waals surface area contributed by atoms with Crippen LogP contribution in [0.1, 0.15) is 58.1 Å². The van der Waals surface area contributed by atoms with Crippen molar-refractivity contribution in [1.82, 2.24) is 0 Å². The first-order valence-electron chi connectivity index (χ1n) is 10.7. The van der Waals surface area contributed by atoms with Crippen molar-refractivity contribution in [1.29, 1.82) is 0 Å². The number of benzene rings is 2. The van der Waals surface area contributed by atoms with Gasteiger partial charge in [-0.05, 0) is 79.5 Å². The zero-order chi connectivity index (χ0) is 24.3. The summed E-state index contributed by atoms with van der Waals surface area (Å²) in [5.41, 5.74) is 12.0. The number of carbonyl (C=O) groups is 1. The lowest BCUT2D eigenvalue weighted by Crippen LogP contribution is -2.13. The lowest BCUT2D eigenvalue weighted by atomic mass is 9.80. The van der Waals surface area contributed by atoms with Gasteiger partial charge in [0, 0.05) is 20.7 Å². The van der Waals surface area contributed by atoms with Crippen molar-refractivity contribution >= 4 is 41.5 Å². The van der Waals surface area contributed by atoms with E-state index >= 15 is 0 Å². The zero-order valence-corrected chi connectivity index (χ0v) is 21.6. The molecule has 5 heteroatoms.